The highest BCUT2D eigenvalue weighted by Gasteiger charge is 2.47. The normalized spacial score (nSPS) is 17.5. The van der Waals surface area contributed by atoms with Gasteiger partial charge in [-0.1, -0.05) is 35.9 Å². The highest BCUT2D eigenvalue weighted by atomic mass is 35.5. The third-order valence-electron chi connectivity index (χ3n) is 5.32. The number of anilines is 1. The molecule has 0 aliphatic carbocycles. The molecule has 0 saturated carbocycles. The minimum Gasteiger partial charge on any atom is -0.507 e. The lowest BCUT2D eigenvalue weighted by Crippen LogP contribution is -2.29. The Bertz CT molecular complexity index is 1200. The minimum atomic E-state index is -0.868. The number of ketones is 1. The van der Waals surface area contributed by atoms with E-state index in [2.05, 4.69) is 0 Å². The van der Waals surface area contributed by atoms with Crippen LogP contribution in [0.15, 0.2) is 78.4 Å². The summed E-state index contributed by atoms with van der Waals surface area (Å²) in [5.74, 6) is -0.841. The Morgan fingerprint density at radius 2 is 1.56 bits per heavy atom. The number of carbonyl (C=O) groups excluding carboxylic acids is 2. The first-order valence-electron chi connectivity index (χ1n) is 9.80. The Morgan fingerprint density at radius 3 is 2.19 bits per heavy atom. The molecule has 1 N–H and O–H groups in total. The van der Waals surface area contributed by atoms with E-state index in [-0.39, 0.29) is 11.3 Å². The monoisotopic (exact) mass is 449 g/mol. The number of aliphatic hydroxyl groups excluding tert-OH is 1. The van der Waals surface area contributed by atoms with E-state index < -0.39 is 17.7 Å². The van der Waals surface area contributed by atoms with Gasteiger partial charge in [-0.15, -0.1) is 0 Å². The van der Waals surface area contributed by atoms with Crippen LogP contribution in [0.3, 0.4) is 0 Å². The Kier molecular flexibility index (Phi) is 5.88. The number of ether oxygens (including phenoxy) is 2. The van der Waals surface area contributed by atoms with Crippen LogP contribution in [0.1, 0.15) is 17.2 Å². The van der Waals surface area contributed by atoms with E-state index in [9.17, 15) is 14.7 Å². The molecule has 1 aliphatic heterocycles. The van der Waals surface area contributed by atoms with Gasteiger partial charge in [-0.2, -0.15) is 0 Å². The van der Waals surface area contributed by atoms with Crippen LogP contribution in [0.4, 0.5) is 5.69 Å². The van der Waals surface area contributed by atoms with Crippen LogP contribution in [0.5, 0.6) is 11.5 Å². The molecular formula is C25H20ClNO5. The molecule has 6 nitrogen and oxygen atoms in total. The predicted octanol–water partition coefficient (Wildman–Crippen LogP) is 4.98. The molecule has 1 heterocycles. The van der Waals surface area contributed by atoms with E-state index in [4.69, 9.17) is 21.1 Å². The highest BCUT2D eigenvalue weighted by molar-refractivity contribution is 6.51. The van der Waals surface area contributed by atoms with Gasteiger partial charge in [-0.05, 0) is 54.1 Å². The number of methoxy groups -OCH3 is 2. The van der Waals surface area contributed by atoms with Gasteiger partial charge in [-0.3, -0.25) is 14.5 Å². The first-order chi connectivity index (χ1) is 15.5. The van der Waals surface area contributed by atoms with Gasteiger partial charge in [0.2, 0.25) is 0 Å². The Morgan fingerprint density at radius 1 is 0.906 bits per heavy atom. The van der Waals surface area contributed by atoms with Gasteiger partial charge >= 0.3 is 0 Å². The van der Waals surface area contributed by atoms with Crippen LogP contribution in [0.2, 0.25) is 5.02 Å². The topological polar surface area (TPSA) is 76.1 Å². The highest BCUT2D eigenvalue weighted by Crippen LogP contribution is 2.44. The van der Waals surface area contributed by atoms with Crippen molar-refractivity contribution in [3.8, 4) is 11.5 Å². The van der Waals surface area contributed by atoms with Crippen molar-refractivity contribution in [2.75, 3.05) is 19.1 Å². The second-order valence-electron chi connectivity index (χ2n) is 7.13. The van der Waals surface area contributed by atoms with Gasteiger partial charge in [0.1, 0.15) is 5.76 Å². The third-order valence-corrected chi connectivity index (χ3v) is 5.57. The molecule has 32 heavy (non-hydrogen) atoms. The van der Waals surface area contributed by atoms with Crippen molar-refractivity contribution in [3.05, 3.63) is 94.5 Å². The molecule has 1 aliphatic rings. The molecule has 4 rings (SSSR count). The molecule has 162 valence electrons. The first kappa shape index (κ1) is 21.5. The van der Waals surface area contributed by atoms with Crippen molar-refractivity contribution in [2.45, 2.75) is 6.04 Å². The lowest BCUT2D eigenvalue weighted by Gasteiger charge is -2.26. The average molecular weight is 450 g/mol. The van der Waals surface area contributed by atoms with E-state index in [1.807, 2.05) is 6.07 Å². The molecule has 1 amide bonds. The van der Waals surface area contributed by atoms with E-state index in [0.717, 1.165) is 0 Å². The number of amides is 1. The number of aliphatic hydroxyl groups is 1. The van der Waals surface area contributed by atoms with Crippen LogP contribution in [-0.4, -0.2) is 31.0 Å². The van der Waals surface area contributed by atoms with Gasteiger partial charge in [-0.25, -0.2) is 0 Å². The molecule has 3 aromatic carbocycles. The fourth-order valence-electron chi connectivity index (χ4n) is 3.79. The van der Waals surface area contributed by atoms with Crippen LogP contribution >= 0.6 is 11.6 Å². The Hall–Kier alpha value is -3.77. The molecule has 0 spiro atoms. The van der Waals surface area contributed by atoms with Crippen LogP contribution in [0, 0.1) is 0 Å². The minimum absolute atomic E-state index is 0.0200. The van der Waals surface area contributed by atoms with Gasteiger partial charge in [0.25, 0.3) is 11.7 Å². The molecule has 7 heteroatoms. The summed E-state index contributed by atoms with van der Waals surface area (Å²) in [7, 11) is 3.03. The Balaban J connectivity index is 1.96. The first-order valence-corrected chi connectivity index (χ1v) is 10.2. The SMILES string of the molecule is COc1ccc([C@H]2C(=C(O)c3ccc(Cl)cc3)C(=O)C(=O)N2c2ccccc2)cc1OC. The van der Waals surface area contributed by atoms with Crippen LogP contribution < -0.4 is 14.4 Å². The van der Waals surface area contributed by atoms with Gasteiger partial charge in [0.15, 0.2) is 11.5 Å². The largest absolute Gasteiger partial charge is 0.507 e. The average Bonchev–Trinajstić information content (AvgIpc) is 3.09. The molecule has 0 radical (unpaired) electrons. The number of benzene rings is 3. The quantitative estimate of drug-likeness (QED) is 0.337. The van der Waals surface area contributed by atoms with Gasteiger partial charge in [0.05, 0.1) is 25.8 Å². The summed E-state index contributed by atoms with van der Waals surface area (Å²) in [4.78, 5) is 27.6. The lowest BCUT2D eigenvalue weighted by atomic mass is 9.94. The third kappa shape index (κ3) is 3.69. The van der Waals surface area contributed by atoms with Gasteiger partial charge in [0, 0.05) is 16.3 Å². The summed E-state index contributed by atoms with van der Waals surface area (Å²) in [6.07, 6.45) is 0. The van der Waals surface area contributed by atoms with E-state index in [0.29, 0.717) is 33.3 Å². The molecule has 3 aromatic rings. The second kappa shape index (κ2) is 8.77. The van der Waals surface area contributed by atoms with Crippen molar-refractivity contribution in [1.82, 2.24) is 0 Å². The zero-order valence-corrected chi connectivity index (χ0v) is 18.2. The molecule has 1 saturated heterocycles. The summed E-state index contributed by atoms with van der Waals surface area (Å²) in [6, 6.07) is 19.5. The van der Waals surface area contributed by atoms with Crippen molar-refractivity contribution in [3.63, 3.8) is 0 Å². The summed E-state index contributed by atoms with van der Waals surface area (Å²) >= 11 is 5.96. The maximum Gasteiger partial charge on any atom is 0.300 e. The second-order valence-corrected chi connectivity index (χ2v) is 7.56. The molecule has 1 atom stereocenters. The number of para-hydroxylation sites is 1. The molecule has 1 fully saturated rings. The zero-order chi connectivity index (χ0) is 22.8. The zero-order valence-electron chi connectivity index (χ0n) is 17.4. The van der Waals surface area contributed by atoms with Crippen LogP contribution in [-0.2, 0) is 9.59 Å². The van der Waals surface area contributed by atoms with Crippen molar-refractivity contribution >= 4 is 34.7 Å². The van der Waals surface area contributed by atoms with Crippen molar-refractivity contribution in [1.29, 1.82) is 0 Å². The number of halogens is 1. The standard InChI is InChI=1S/C25H20ClNO5/c1-31-19-13-10-16(14-20(19)32-2)22-21(23(28)15-8-11-17(26)12-9-15)24(29)25(30)27(22)18-6-4-3-5-7-18/h3-14,22,28H,1-2H3/t22-/m0/s1. The fourth-order valence-corrected chi connectivity index (χ4v) is 3.91. The van der Waals surface area contributed by atoms with Crippen LogP contribution in [0.25, 0.3) is 5.76 Å². The fraction of sp³-hybridized carbons (Fsp3) is 0.120. The van der Waals surface area contributed by atoms with Gasteiger partial charge < -0.3 is 14.6 Å². The molecule has 0 bridgehead atoms. The van der Waals surface area contributed by atoms with Crippen molar-refractivity contribution in [2.24, 2.45) is 0 Å². The number of Topliss-reactive ketones (excluding diaryl/α,β-unsaturated/α-hetero) is 1. The maximum absolute atomic E-state index is 13.1. The number of carbonyl (C=O) groups is 2. The van der Waals surface area contributed by atoms with E-state index >= 15 is 0 Å². The molecule has 0 aromatic heterocycles. The lowest BCUT2D eigenvalue weighted by molar-refractivity contribution is -0.132. The number of nitrogens with zero attached hydrogens (tertiary/aromatic N) is 1. The molecule has 0 unspecified atom stereocenters. The number of hydrogen-bond acceptors (Lipinski definition) is 5. The predicted molar refractivity (Wildman–Crippen MR) is 122 cm³/mol. The van der Waals surface area contributed by atoms with E-state index in [1.165, 1.54) is 19.1 Å². The Labute approximate surface area is 190 Å². The smallest absolute Gasteiger partial charge is 0.300 e. The summed E-state index contributed by atoms with van der Waals surface area (Å²) in [5, 5.41) is 11.6. The molecular weight excluding hydrogens is 430 g/mol. The van der Waals surface area contributed by atoms with Crippen molar-refractivity contribution < 1.29 is 24.2 Å². The van der Waals surface area contributed by atoms with E-state index in [1.54, 1.807) is 66.7 Å². The summed E-state index contributed by atoms with van der Waals surface area (Å²) in [5.41, 5.74) is 1.48. The maximum atomic E-state index is 13.1. The summed E-state index contributed by atoms with van der Waals surface area (Å²) in [6.45, 7) is 0. The summed E-state index contributed by atoms with van der Waals surface area (Å²) < 4.78 is 10.7. The number of rotatable bonds is 5. The number of hydrogen-bond donors (Lipinski definition) is 1.